The third-order valence-corrected chi connectivity index (χ3v) is 11.3. The summed E-state index contributed by atoms with van der Waals surface area (Å²) in [4.78, 5) is 29.0. The van der Waals surface area contributed by atoms with Crippen molar-refractivity contribution in [3.8, 4) is 0 Å². The van der Waals surface area contributed by atoms with Gasteiger partial charge < -0.3 is 29.4 Å². The number of hydrogen-bond donors (Lipinski definition) is 2. The van der Waals surface area contributed by atoms with Crippen molar-refractivity contribution in [3.05, 3.63) is 100 Å². The number of methoxy groups -OCH3 is 1. The second-order valence-electron chi connectivity index (χ2n) is 11.8. The summed E-state index contributed by atoms with van der Waals surface area (Å²) in [5, 5.41) is 3.80. The van der Waals surface area contributed by atoms with Crippen molar-refractivity contribution in [2.75, 3.05) is 69.9 Å². The SMILES string of the molecule is COCCN1CCOC(C(Nc2ccc3c(c2)Sc2cccc(C4CN(c5cc[nH]c(=O)c5)CCO4)c2S3)c2ccc(C)cn2)C1. The van der Waals surface area contributed by atoms with E-state index in [2.05, 4.69) is 75.6 Å². The number of H-pyrrole nitrogens is 1. The Kier molecular flexibility index (Phi) is 9.66. The molecular weight excluding hydrogens is 619 g/mol. The number of nitrogens with zero attached hydrogens (tertiary/aromatic N) is 3. The van der Waals surface area contributed by atoms with E-state index in [9.17, 15) is 4.79 Å². The number of benzene rings is 2. The summed E-state index contributed by atoms with van der Waals surface area (Å²) in [6, 6.07) is 20.9. The Morgan fingerprint density at radius 2 is 1.93 bits per heavy atom. The van der Waals surface area contributed by atoms with E-state index in [1.54, 1.807) is 42.9 Å². The molecule has 0 bridgehead atoms. The van der Waals surface area contributed by atoms with Gasteiger partial charge in [-0.15, -0.1) is 0 Å². The molecule has 3 atom stereocenters. The van der Waals surface area contributed by atoms with E-state index in [1.165, 1.54) is 25.1 Å². The highest BCUT2D eigenvalue weighted by molar-refractivity contribution is 8.05. The molecule has 3 unspecified atom stereocenters. The molecule has 0 spiro atoms. The van der Waals surface area contributed by atoms with Crippen LogP contribution in [0.25, 0.3) is 0 Å². The Balaban J connectivity index is 1.11. The molecule has 9 nitrogen and oxygen atoms in total. The summed E-state index contributed by atoms with van der Waals surface area (Å²) < 4.78 is 18.0. The number of ether oxygens (including phenoxy) is 3. The molecule has 7 rings (SSSR count). The Labute approximate surface area is 278 Å². The van der Waals surface area contributed by atoms with Gasteiger partial charge in [0.15, 0.2) is 0 Å². The molecule has 0 saturated carbocycles. The van der Waals surface area contributed by atoms with Crippen LogP contribution in [0, 0.1) is 6.92 Å². The van der Waals surface area contributed by atoms with E-state index < -0.39 is 0 Å². The normalized spacial score (nSPS) is 20.5. The van der Waals surface area contributed by atoms with Gasteiger partial charge in [0.2, 0.25) is 5.56 Å². The van der Waals surface area contributed by atoms with E-state index in [-0.39, 0.29) is 23.8 Å². The molecule has 2 N–H and O–H groups in total. The highest BCUT2D eigenvalue weighted by Gasteiger charge is 2.32. The van der Waals surface area contributed by atoms with Crippen molar-refractivity contribution in [2.45, 2.75) is 44.8 Å². The third-order valence-electron chi connectivity index (χ3n) is 8.66. The van der Waals surface area contributed by atoms with Crippen LogP contribution in [0.4, 0.5) is 11.4 Å². The molecule has 0 amide bonds. The second kappa shape index (κ2) is 14.2. The number of hydrogen-bond acceptors (Lipinski definition) is 10. The van der Waals surface area contributed by atoms with Crippen LogP contribution in [0.15, 0.2) is 97.4 Å². The van der Waals surface area contributed by atoms with E-state index in [0.717, 1.165) is 48.8 Å². The monoisotopic (exact) mass is 657 g/mol. The first-order valence-corrected chi connectivity index (χ1v) is 17.4. The minimum Gasteiger partial charge on any atom is -0.383 e. The van der Waals surface area contributed by atoms with Gasteiger partial charge >= 0.3 is 0 Å². The summed E-state index contributed by atoms with van der Waals surface area (Å²) in [5.74, 6) is 0. The summed E-state index contributed by atoms with van der Waals surface area (Å²) >= 11 is 3.61. The molecule has 2 saturated heterocycles. The number of pyridine rings is 2. The average Bonchev–Trinajstić information content (AvgIpc) is 3.09. The van der Waals surface area contributed by atoms with Crippen LogP contribution >= 0.6 is 23.5 Å². The fraction of sp³-hybridized carbons (Fsp3) is 0.371. The number of anilines is 2. The van der Waals surface area contributed by atoms with Crippen molar-refractivity contribution in [1.82, 2.24) is 14.9 Å². The maximum Gasteiger partial charge on any atom is 0.249 e. The van der Waals surface area contributed by atoms with Crippen LogP contribution in [-0.4, -0.2) is 80.6 Å². The molecule has 5 heterocycles. The van der Waals surface area contributed by atoms with Crippen molar-refractivity contribution >= 4 is 34.9 Å². The molecule has 3 aliphatic rings. The van der Waals surface area contributed by atoms with Gasteiger partial charge in [0.05, 0.1) is 37.7 Å². The van der Waals surface area contributed by atoms with Gasteiger partial charge in [-0.3, -0.25) is 14.7 Å². The highest BCUT2D eigenvalue weighted by Crippen LogP contribution is 2.52. The quantitative estimate of drug-likeness (QED) is 0.204. The third kappa shape index (κ3) is 7.00. The number of rotatable bonds is 9. The number of aromatic nitrogens is 2. The Morgan fingerprint density at radius 3 is 2.78 bits per heavy atom. The minimum absolute atomic E-state index is 0.0496. The number of fused-ring (bicyclic) bond motifs is 2. The predicted octanol–water partition coefficient (Wildman–Crippen LogP) is 5.77. The fourth-order valence-corrected chi connectivity index (χ4v) is 8.68. The maximum absolute atomic E-state index is 11.9. The molecule has 3 aliphatic heterocycles. The van der Waals surface area contributed by atoms with Crippen molar-refractivity contribution in [1.29, 1.82) is 0 Å². The van der Waals surface area contributed by atoms with Gasteiger partial charge in [-0.25, -0.2) is 0 Å². The first kappa shape index (κ1) is 31.3. The first-order valence-electron chi connectivity index (χ1n) is 15.7. The molecule has 11 heteroatoms. The van der Waals surface area contributed by atoms with Gasteiger partial charge in [0, 0.05) is 89.3 Å². The van der Waals surface area contributed by atoms with Crippen molar-refractivity contribution < 1.29 is 14.2 Å². The maximum atomic E-state index is 11.9. The van der Waals surface area contributed by atoms with E-state index in [1.807, 2.05) is 12.3 Å². The van der Waals surface area contributed by atoms with Crippen molar-refractivity contribution in [3.63, 3.8) is 0 Å². The molecule has 240 valence electrons. The number of aromatic amines is 1. The lowest BCUT2D eigenvalue weighted by Gasteiger charge is -2.37. The van der Waals surface area contributed by atoms with Gasteiger partial charge in [0.1, 0.15) is 6.10 Å². The standard InChI is InChI=1S/C35H39N5O4S2/c1-23-6-8-27(37-20-23)34(29-21-39(12-15-42-2)13-16-44-29)38-24-7-9-30-32(18-24)45-31-5-3-4-26(35(31)46-30)28-22-40(14-17-43-28)25-10-11-36-33(41)19-25/h3-11,18-20,28-29,34,38H,12-17,21-22H2,1-2H3,(H,36,41). The lowest BCUT2D eigenvalue weighted by molar-refractivity contribution is -0.0431. The fourth-order valence-electron chi connectivity index (χ4n) is 6.23. The van der Waals surface area contributed by atoms with Gasteiger partial charge in [0.25, 0.3) is 0 Å². The Morgan fingerprint density at radius 1 is 1.02 bits per heavy atom. The Bertz CT molecular complexity index is 1720. The van der Waals surface area contributed by atoms with Crippen LogP contribution < -0.4 is 15.8 Å². The van der Waals surface area contributed by atoms with E-state index in [0.29, 0.717) is 26.4 Å². The van der Waals surface area contributed by atoms with Crippen LogP contribution in [0.3, 0.4) is 0 Å². The van der Waals surface area contributed by atoms with E-state index >= 15 is 0 Å². The molecule has 2 fully saturated rings. The second-order valence-corrected chi connectivity index (χ2v) is 14.0. The minimum atomic E-state index is -0.101. The van der Waals surface area contributed by atoms with Gasteiger partial charge in [-0.05, 0) is 54.4 Å². The van der Waals surface area contributed by atoms with Gasteiger partial charge in [-0.2, -0.15) is 0 Å². The lowest BCUT2D eigenvalue weighted by atomic mass is 10.0. The van der Waals surface area contributed by atoms with Crippen LogP contribution in [0.5, 0.6) is 0 Å². The molecule has 4 aromatic rings. The molecule has 46 heavy (non-hydrogen) atoms. The number of aryl methyl sites for hydroxylation is 1. The molecule has 0 radical (unpaired) electrons. The summed E-state index contributed by atoms with van der Waals surface area (Å²) in [7, 11) is 1.75. The van der Waals surface area contributed by atoms with E-state index in [4.69, 9.17) is 19.2 Å². The lowest BCUT2D eigenvalue weighted by Crippen LogP contribution is -2.47. The topological polar surface area (TPSA) is 92.0 Å². The zero-order valence-corrected chi connectivity index (χ0v) is 27.7. The van der Waals surface area contributed by atoms with Crippen LogP contribution in [0.1, 0.15) is 29.0 Å². The summed E-state index contributed by atoms with van der Waals surface area (Å²) in [5.41, 5.74) is 5.17. The smallest absolute Gasteiger partial charge is 0.249 e. The largest absolute Gasteiger partial charge is 0.383 e. The molecular formula is C35H39N5O4S2. The molecule has 2 aromatic heterocycles. The average molecular weight is 658 g/mol. The number of morpholine rings is 2. The van der Waals surface area contributed by atoms with Crippen LogP contribution in [0.2, 0.25) is 0 Å². The molecule has 0 aliphatic carbocycles. The highest BCUT2D eigenvalue weighted by atomic mass is 32.2. The Hall–Kier alpha value is -3.32. The van der Waals surface area contributed by atoms with Gasteiger partial charge in [-0.1, -0.05) is 41.7 Å². The first-order chi connectivity index (χ1) is 22.5. The van der Waals surface area contributed by atoms with Crippen LogP contribution in [-0.2, 0) is 14.2 Å². The zero-order valence-electron chi connectivity index (χ0n) is 26.1. The molecule has 2 aromatic carbocycles. The summed E-state index contributed by atoms with van der Waals surface area (Å²) in [6.07, 6.45) is 3.50. The zero-order chi connectivity index (χ0) is 31.5. The predicted molar refractivity (Wildman–Crippen MR) is 182 cm³/mol. The number of nitrogens with one attached hydrogen (secondary N) is 2. The van der Waals surface area contributed by atoms with Crippen molar-refractivity contribution in [2.24, 2.45) is 0 Å². The summed E-state index contributed by atoms with van der Waals surface area (Å²) in [6.45, 7) is 8.10.